The van der Waals surface area contributed by atoms with E-state index in [1.165, 1.54) is 43.5 Å². The number of aromatic hydroxyl groups is 1. The molecule has 0 bridgehead atoms. The lowest BCUT2D eigenvalue weighted by Crippen LogP contribution is -2.16. The number of phenols is 1. The fourth-order valence-electron chi connectivity index (χ4n) is 3.47. The molecule has 1 aliphatic rings. The number of rotatable bonds is 8. The summed E-state index contributed by atoms with van der Waals surface area (Å²) < 4.78 is 47.2. The van der Waals surface area contributed by atoms with Crippen LogP contribution in [0.15, 0.2) is 30.3 Å². The number of carbonyl (C=O) groups excluding carboxylic acids is 1. The van der Waals surface area contributed by atoms with Crippen molar-refractivity contribution in [2.24, 2.45) is 5.92 Å². The second-order valence-corrected chi connectivity index (χ2v) is 9.22. The van der Waals surface area contributed by atoms with Crippen LogP contribution in [0.5, 0.6) is 11.5 Å². The van der Waals surface area contributed by atoms with E-state index in [9.17, 15) is 23.1 Å². The lowest BCUT2D eigenvalue weighted by Gasteiger charge is -2.24. The van der Waals surface area contributed by atoms with E-state index in [0.717, 1.165) is 23.8 Å². The number of thiazole rings is 1. The smallest absolute Gasteiger partial charge is 0.507 e. The van der Waals surface area contributed by atoms with Gasteiger partial charge in [-0.15, -0.1) is 13.2 Å². The molecule has 0 unspecified atom stereocenters. The van der Waals surface area contributed by atoms with Crippen molar-refractivity contribution in [2.75, 3.05) is 11.9 Å². The van der Waals surface area contributed by atoms with Gasteiger partial charge in [0.1, 0.15) is 11.5 Å². The zero-order valence-corrected chi connectivity index (χ0v) is 18.8. The fourth-order valence-corrected chi connectivity index (χ4v) is 4.60. The zero-order chi connectivity index (χ0) is 23.6. The molecule has 0 aliphatic heterocycles. The zero-order valence-electron chi connectivity index (χ0n) is 17.2. The summed E-state index contributed by atoms with van der Waals surface area (Å²) >= 11 is 7.10. The second-order valence-electron chi connectivity index (χ2n) is 7.75. The van der Waals surface area contributed by atoms with Crippen molar-refractivity contribution in [2.45, 2.75) is 38.7 Å². The quantitative estimate of drug-likeness (QED) is 0.344. The Balaban J connectivity index is 1.44. The molecular weight excluding hydrogens is 481 g/mol. The Morgan fingerprint density at radius 1 is 1.27 bits per heavy atom. The number of amides is 1. The van der Waals surface area contributed by atoms with E-state index in [1.807, 2.05) is 0 Å². The molecule has 0 saturated heterocycles. The highest BCUT2D eigenvalue weighted by Gasteiger charge is 2.31. The summed E-state index contributed by atoms with van der Waals surface area (Å²) in [5.41, 5.74) is 0.723. The van der Waals surface area contributed by atoms with E-state index < -0.39 is 12.3 Å². The van der Waals surface area contributed by atoms with Crippen LogP contribution in [0.1, 0.15) is 41.6 Å². The topological polar surface area (TPSA) is 80.7 Å². The summed E-state index contributed by atoms with van der Waals surface area (Å²) in [6.45, 7) is 0.673. The van der Waals surface area contributed by atoms with Crippen LogP contribution < -0.4 is 10.1 Å². The number of nitrogens with one attached hydrogen (secondary N) is 1. The molecule has 2 aromatic carbocycles. The number of alkyl halides is 3. The Hall–Kier alpha value is -2.56. The highest BCUT2D eigenvalue weighted by Crippen LogP contribution is 2.34. The van der Waals surface area contributed by atoms with Crippen molar-refractivity contribution in [3.63, 3.8) is 0 Å². The maximum Gasteiger partial charge on any atom is 0.573 e. The third-order valence-electron chi connectivity index (χ3n) is 5.36. The van der Waals surface area contributed by atoms with Crippen LogP contribution in [-0.4, -0.2) is 29.0 Å². The van der Waals surface area contributed by atoms with Gasteiger partial charge in [0.05, 0.1) is 22.4 Å². The summed E-state index contributed by atoms with van der Waals surface area (Å²) in [6, 6.07) is 6.55. The van der Waals surface area contributed by atoms with Crippen molar-refractivity contribution in [3.8, 4) is 11.5 Å². The Kier molecular flexibility index (Phi) is 6.96. The summed E-state index contributed by atoms with van der Waals surface area (Å²) in [6.07, 6.45) is -0.146. The third kappa shape index (κ3) is 6.07. The molecule has 3 aromatic rings. The third-order valence-corrected chi connectivity index (χ3v) is 6.52. The molecule has 0 spiro atoms. The predicted octanol–water partition coefficient (Wildman–Crippen LogP) is 6.51. The number of benzene rings is 2. The molecule has 1 saturated carbocycles. The van der Waals surface area contributed by atoms with E-state index in [4.69, 9.17) is 16.3 Å². The normalized spacial score (nSPS) is 14.3. The molecule has 1 aliphatic carbocycles. The van der Waals surface area contributed by atoms with Gasteiger partial charge in [-0.25, -0.2) is 4.98 Å². The first-order valence-corrected chi connectivity index (χ1v) is 11.4. The second kappa shape index (κ2) is 9.74. The highest BCUT2D eigenvalue weighted by molar-refractivity contribution is 7.22. The Bertz CT molecular complexity index is 1160. The van der Waals surface area contributed by atoms with Gasteiger partial charge in [0.2, 0.25) is 0 Å². The Morgan fingerprint density at radius 3 is 2.76 bits per heavy atom. The number of carbonyl (C=O) groups is 1. The number of fused-ring (bicyclic) bond motifs is 1. The van der Waals surface area contributed by atoms with E-state index in [2.05, 4.69) is 15.0 Å². The van der Waals surface area contributed by atoms with E-state index in [1.54, 1.807) is 0 Å². The number of phenolic OH excluding ortho intramolecular Hbond substituents is 1. The van der Waals surface area contributed by atoms with Gasteiger partial charge in [-0.05, 0) is 36.6 Å². The summed E-state index contributed by atoms with van der Waals surface area (Å²) in [5, 5.41) is 13.5. The van der Waals surface area contributed by atoms with Crippen LogP contribution in [0.4, 0.5) is 18.3 Å². The van der Waals surface area contributed by atoms with Gasteiger partial charge in [0.25, 0.3) is 5.91 Å². The first-order chi connectivity index (χ1) is 15.7. The van der Waals surface area contributed by atoms with Crippen LogP contribution in [0.3, 0.4) is 0 Å². The minimum absolute atomic E-state index is 0.0551. The first-order valence-electron chi connectivity index (χ1n) is 10.2. The predicted molar refractivity (Wildman–Crippen MR) is 119 cm³/mol. The van der Waals surface area contributed by atoms with Gasteiger partial charge in [-0.3, -0.25) is 10.1 Å². The van der Waals surface area contributed by atoms with Gasteiger partial charge in [0.15, 0.2) is 5.13 Å². The summed E-state index contributed by atoms with van der Waals surface area (Å²) in [4.78, 5) is 17.0. The number of nitrogens with zero attached hydrogens (tertiary/aromatic N) is 1. The molecule has 11 heteroatoms. The van der Waals surface area contributed by atoms with E-state index in [-0.39, 0.29) is 33.8 Å². The Morgan fingerprint density at radius 2 is 2.06 bits per heavy atom. The van der Waals surface area contributed by atoms with E-state index >= 15 is 0 Å². The Labute approximate surface area is 196 Å². The maximum atomic E-state index is 12.8. The lowest BCUT2D eigenvalue weighted by molar-refractivity contribution is -0.274. The van der Waals surface area contributed by atoms with Gasteiger partial charge >= 0.3 is 6.36 Å². The van der Waals surface area contributed by atoms with Gasteiger partial charge in [-0.1, -0.05) is 42.2 Å². The highest BCUT2D eigenvalue weighted by atomic mass is 35.5. The molecule has 176 valence electrons. The maximum absolute atomic E-state index is 12.8. The molecule has 0 atom stereocenters. The molecule has 6 nitrogen and oxygen atoms in total. The van der Waals surface area contributed by atoms with Crippen LogP contribution in [0.25, 0.3) is 10.2 Å². The molecule has 1 fully saturated rings. The van der Waals surface area contributed by atoms with Crippen molar-refractivity contribution in [3.05, 3.63) is 46.5 Å². The molecule has 0 radical (unpaired) electrons. The van der Waals surface area contributed by atoms with Crippen molar-refractivity contribution < 1.29 is 32.5 Å². The van der Waals surface area contributed by atoms with Gasteiger partial charge < -0.3 is 14.6 Å². The summed E-state index contributed by atoms with van der Waals surface area (Å²) in [7, 11) is 0. The average Bonchev–Trinajstić information content (AvgIpc) is 3.08. The summed E-state index contributed by atoms with van der Waals surface area (Å²) in [5.74, 6) is -0.589. The average molecular weight is 501 g/mol. The molecule has 1 heterocycles. The van der Waals surface area contributed by atoms with Crippen LogP contribution in [-0.2, 0) is 11.3 Å². The SMILES string of the molecule is O=C(Nc1nc2ccc(OC(F)(F)F)cc2s1)c1cc(Cl)cc(COCCC2CCC2)c1O. The molecule has 2 N–H and O–H groups in total. The van der Waals surface area contributed by atoms with Crippen molar-refractivity contribution >= 4 is 44.2 Å². The number of ether oxygens (including phenoxy) is 2. The molecule has 4 rings (SSSR count). The van der Waals surface area contributed by atoms with Crippen molar-refractivity contribution in [1.82, 2.24) is 4.98 Å². The van der Waals surface area contributed by atoms with Gasteiger partial charge in [0, 0.05) is 23.3 Å². The minimum atomic E-state index is -4.81. The van der Waals surface area contributed by atoms with Crippen LogP contribution in [0.2, 0.25) is 5.02 Å². The molecular formula is C22H20ClF3N2O4S. The standard InChI is InChI=1S/C22H20ClF3N2O4S/c23-14-8-13(11-31-7-6-12-2-1-3-12)19(29)16(9-14)20(30)28-21-27-17-5-4-15(10-18(17)33-21)32-22(24,25)26/h4-5,8-10,12,29H,1-3,6-7,11H2,(H,27,28,30). The largest absolute Gasteiger partial charge is 0.573 e. The molecule has 1 amide bonds. The van der Waals surface area contributed by atoms with Crippen LogP contribution in [0, 0.1) is 5.92 Å². The number of hydrogen-bond donors (Lipinski definition) is 2. The number of anilines is 1. The van der Waals surface area contributed by atoms with Crippen LogP contribution >= 0.6 is 22.9 Å². The number of hydrogen-bond acceptors (Lipinski definition) is 6. The monoisotopic (exact) mass is 500 g/mol. The number of aromatic nitrogens is 1. The van der Waals surface area contributed by atoms with E-state index in [0.29, 0.717) is 28.3 Å². The molecule has 33 heavy (non-hydrogen) atoms. The lowest BCUT2D eigenvalue weighted by atomic mass is 9.83. The van der Waals surface area contributed by atoms with Crippen molar-refractivity contribution in [1.29, 1.82) is 0 Å². The van der Waals surface area contributed by atoms with Gasteiger partial charge in [-0.2, -0.15) is 0 Å². The first kappa shape index (κ1) is 23.6. The fraction of sp³-hybridized carbons (Fsp3) is 0.364. The molecule has 1 aromatic heterocycles. The minimum Gasteiger partial charge on any atom is -0.507 e. The number of halogens is 4.